The van der Waals surface area contributed by atoms with Gasteiger partial charge in [0, 0.05) is 6.42 Å². The van der Waals surface area contributed by atoms with E-state index in [0.717, 1.165) is 0 Å². The molecule has 0 aromatic carbocycles. The van der Waals surface area contributed by atoms with Crippen molar-refractivity contribution in [2.45, 2.75) is 70.3 Å². The molecule has 1 fully saturated rings. The van der Waals surface area contributed by atoms with Crippen LogP contribution in [-0.4, -0.2) is 70.5 Å². The minimum atomic E-state index is -1.54. The van der Waals surface area contributed by atoms with Gasteiger partial charge in [0.15, 0.2) is 12.4 Å². The van der Waals surface area contributed by atoms with Crippen LogP contribution in [0.15, 0.2) is 0 Å². The predicted octanol–water partition coefficient (Wildman–Crippen LogP) is -1.76. The molecule has 6 atom stereocenters. The Morgan fingerprint density at radius 3 is 2.46 bits per heavy atom. The number of aliphatic hydroxyl groups excluding tert-OH is 3. The Hall–Kier alpha value is -1.26. The first-order valence-corrected chi connectivity index (χ1v) is 8.10. The maximum absolute atomic E-state index is 12.1. The number of amides is 1. The van der Waals surface area contributed by atoms with E-state index in [0.29, 0.717) is 6.42 Å². The lowest BCUT2D eigenvalue weighted by Crippen LogP contribution is -2.65. The second-order valence-electron chi connectivity index (χ2n) is 6.25. The predicted molar refractivity (Wildman–Crippen MR) is 83.5 cm³/mol. The van der Waals surface area contributed by atoms with Crippen molar-refractivity contribution >= 4 is 11.9 Å². The molecule has 1 heterocycles. The number of carbonyl (C=O) groups is 2. The van der Waals surface area contributed by atoms with E-state index in [9.17, 15) is 24.9 Å². The fraction of sp³-hybridized carbons (Fsp3) is 0.867. The topological polar surface area (TPSA) is 151 Å². The molecule has 9 heteroatoms. The number of rotatable bonds is 7. The van der Waals surface area contributed by atoms with Crippen molar-refractivity contribution in [1.29, 1.82) is 0 Å². The molecule has 24 heavy (non-hydrogen) atoms. The molecule has 0 aromatic rings. The number of hydrogen-bond acceptors (Lipinski definition) is 8. The summed E-state index contributed by atoms with van der Waals surface area (Å²) >= 11 is 0. The Kier molecular flexibility index (Phi) is 8.04. The average molecular weight is 348 g/mol. The maximum atomic E-state index is 12.1. The van der Waals surface area contributed by atoms with E-state index in [1.165, 1.54) is 0 Å². The van der Waals surface area contributed by atoms with Crippen molar-refractivity contribution < 1.29 is 34.4 Å². The fourth-order valence-corrected chi connectivity index (χ4v) is 2.35. The number of nitrogens with two attached hydrogens (primary N) is 1. The standard InChI is InChI=1S/C15H28N2O7/c1-4-5-9(19)17-11-13(24-14(21)10(16)7(2)3)12(20)8(6-18)23-15(11)22/h7-8,10-13,15,18,20,22H,4-6,16H2,1-3H3,(H,17,19)/t8-,10+,11-,12-,13-,15?/m1/s1. The van der Waals surface area contributed by atoms with Gasteiger partial charge in [-0.3, -0.25) is 9.59 Å². The minimum absolute atomic E-state index is 0.193. The number of nitrogens with one attached hydrogen (secondary N) is 1. The number of carbonyl (C=O) groups excluding carboxylic acids is 2. The smallest absolute Gasteiger partial charge is 0.323 e. The Labute approximate surface area is 141 Å². The molecule has 1 amide bonds. The Balaban J connectivity index is 2.94. The van der Waals surface area contributed by atoms with E-state index in [1.54, 1.807) is 13.8 Å². The molecule has 0 aromatic heterocycles. The van der Waals surface area contributed by atoms with Gasteiger partial charge in [0.25, 0.3) is 0 Å². The van der Waals surface area contributed by atoms with E-state index in [-0.39, 0.29) is 18.2 Å². The first kappa shape index (κ1) is 20.8. The third-order valence-corrected chi connectivity index (χ3v) is 3.92. The van der Waals surface area contributed by atoms with Crippen molar-refractivity contribution in [2.24, 2.45) is 11.7 Å². The van der Waals surface area contributed by atoms with Crippen LogP contribution in [0.3, 0.4) is 0 Å². The molecule has 0 bridgehead atoms. The van der Waals surface area contributed by atoms with Crippen molar-refractivity contribution in [2.75, 3.05) is 6.61 Å². The molecule has 0 radical (unpaired) electrons. The molecule has 1 rings (SSSR count). The lowest BCUT2D eigenvalue weighted by molar-refractivity contribution is -0.259. The van der Waals surface area contributed by atoms with Gasteiger partial charge in [-0.2, -0.15) is 0 Å². The van der Waals surface area contributed by atoms with Gasteiger partial charge in [0.1, 0.15) is 24.3 Å². The van der Waals surface area contributed by atoms with Crippen LogP contribution < -0.4 is 11.1 Å². The second kappa shape index (κ2) is 9.28. The summed E-state index contributed by atoms with van der Waals surface area (Å²) in [5.74, 6) is -1.34. The van der Waals surface area contributed by atoms with E-state index in [2.05, 4.69) is 5.32 Å². The van der Waals surface area contributed by atoms with Crippen LogP contribution in [0.5, 0.6) is 0 Å². The SMILES string of the molecule is CCCC(=O)N[C@H]1C(O)O[C@H](CO)[C@@H](O)[C@@H]1OC(=O)[C@@H](N)C(C)C. The largest absolute Gasteiger partial charge is 0.456 e. The van der Waals surface area contributed by atoms with E-state index < -0.39 is 49.3 Å². The van der Waals surface area contributed by atoms with Gasteiger partial charge >= 0.3 is 5.97 Å². The summed E-state index contributed by atoms with van der Waals surface area (Å²) in [5, 5.41) is 32.0. The fourth-order valence-electron chi connectivity index (χ4n) is 2.35. The lowest BCUT2D eigenvalue weighted by Gasteiger charge is -2.42. The first-order chi connectivity index (χ1) is 11.2. The minimum Gasteiger partial charge on any atom is -0.456 e. The van der Waals surface area contributed by atoms with Crippen molar-refractivity contribution in [3.63, 3.8) is 0 Å². The highest BCUT2D eigenvalue weighted by Gasteiger charge is 2.47. The Morgan fingerprint density at radius 1 is 1.33 bits per heavy atom. The Morgan fingerprint density at radius 2 is 1.96 bits per heavy atom. The van der Waals surface area contributed by atoms with Crippen LogP contribution in [0.4, 0.5) is 0 Å². The van der Waals surface area contributed by atoms with Gasteiger partial charge in [-0.05, 0) is 12.3 Å². The second-order valence-corrected chi connectivity index (χ2v) is 6.25. The average Bonchev–Trinajstić information content (AvgIpc) is 2.52. The van der Waals surface area contributed by atoms with Crippen LogP contribution in [0.2, 0.25) is 0 Å². The van der Waals surface area contributed by atoms with Crippen LogP contribution in [0.1, 0.15) is 33.6 Å². The summed E-state index contributed by atoms with van der Waals surface area (Å²) in [6.07, 6.45) is -4.61. The van der Waals surface area contributed by atoms with Gasteiger partial charge in [0.05, 0.1) is 6.61 Å². The van der Waals surface area contributed by atoms with Gasteiger partial charge in [-0.15, -0.1) is 0 Å². The molecule has 1 saturated heterocycles. The molecule has 6 N–H and O–H groups in total. The molecule has 1 unspecified atom stereocenters. The summed E-state index contributed by atoms with van der Waals surface area (Å²) in [6.45, 7) is 4.69. The number of esters is 1. The zero-order chi connectivity index (χ0) is 18.4. The monoisotopic (exact) mass is 348 g/mol. The molecule has 1 aliphatic heterocycles. The van der Waals surface area contributed by atoms with E-state index in [1.807, 2.05) is 6.92 Å². The quantitative estimate of drug-likeness (QED) is 0.339. The van der Waals surface area contributed by atoms with Crippen LogP contribution in [0.25, 0.3) is 0 Å². The van der Waals surface area contributed by atoms with Gasteiger partial charge in [0.2, 0.25) is 5.91 Å². The maximum Gasteiger partial charge on any atom is 0.323 e. The third-order valence-electron chi connectivity index (χ3n) is 3.92. The van der Waals surface area contributed by atoms with Gasteiger partial charge in [-0.1, -0.05) is 20.8 Å². The van der Waals surface area contributed by atoms with E-state index in [4.69, 9.17) is 15.2 Å². The van der Waals surface area contributed by atoms with Gasteiger partial charge < -0.3 is 35.8 Å². The molecule has 140 valence electrons. The Bertz CT molecular complexity index is 432. The number of aliphatic hydroxyl groups is 3. The summed E-state index contributed by atoms with van der Waals surface area (Å²) in [7, 11) is 0. The van der Waals surface area contributed by atoms with Crippen molar-refractivity contribution in [1.82, 2.24) is 5.32 Å². The summed E-state index contributed by atoms with van der Waals surface area (Å²) in [6, 6.07) is -2.08. The summed E-state index contributed by atoms with van der Waals surface area (Å²) < 4.78 is 10.3. The van der Waals surface area contributed by atoms with Gasteiger partial charge in [-0.25, -0.2) is 0 Å². The lowest BCUT2D eigenvalue weighted by atomic mass is 9.96. The number of hydrogen-bond donors (Lipinski definition) is 5. The number of ether oxygens (including phenoxy) is 2. The van der Waals surface area contributed by atoms with Crippen LogP contribution in [0, 0.1) is 5.92 Å². The molecule has 0 aliphatic carbocycles. The molecule has 0 saturated carbocycles. The van der Waals surface area contributed by atoms with Crippen molar-refractivity contribution in [3.8, 4) is 0 Å². The zero-order valence-corrected chi connectivity index (χ0v) is 14.2. The highest BCUT2D eigenvalue weighted by atomic mass is 16.6. The molecular weight excluding hydrogens is 320 g/mol. The molecular formula is C15H28N2O7. The normalized spacial score (nSPS) is 31.6. The van der Waals surface area contributed by atoms with E-state index >= 15 is 0 Å². The summed E-state index contributed by atoms with van der Waals surface area (Å²) in [5.41, 5.74) is 5.73. The first-order valence-electron chi connectivity index (χ1n) is 8.10. The zero-order valence-electron chi connectivity index (χ0n) is 14.2. The van der Waals surface area contributed by atoms with Crippen molar-refractivity contribution in [3.05, 3.63) is 0 Å². The van der Waals surface area contributed by atoms with Crippen LogP contribution in [-0.2, 0) is 19.1 Å². The van der Waals surface area contributed by atoms with Crippen LogP contribution >= 0.6 is 0 Å². The molecule has 0 spiro atoms. The highest BCUT2D eigenvalue weighted by Crippen LogP contribution is 2.23. The third kappa shape index (κ3) is 5.12. The molecule has 9 nitrogen and oxygen atoms in total. The highest BCUT2D eigenvalue weighted by molar-refractivity contribution is 5.77. The molecule has 1 aliphatic rings. The summed E-state index contributed by atoms with van der Waals surface area (Å²) in [4.78, 5) is 23.9.